The van der Waals surface area contributed by atoms with Crippen LogP contribution in [-0.4, -0.2) is 10.2 Å². The molecule has 0 unspecified atom stereocenters. The lowest BCUT2D eigenvalue weighted by Gasteiger charge is -2.23. The van der Waals surface area contributed by atoms with Gasteiger partial charge in [-0.15, -0.1) is 0 Å². The van der Waals surface area contributed by atoms with E-state index in [1.54, 1.807) is 0 Å². The van der Waals surface area contributed by atoms with Crippen molar-refractivity contribution in [3.05, 3.63) is 35.7 Å². The number of rotatable bonds is 0. The third-order valence-corrected chi connectivity index (χ3v) is 2.63. The smallest absolute Gasteiger partial charge is 0.175 e. The Morgan fingerprint density at radius 1 is 1.06 bits per heavy atom. The van der Waals surface area contributed by atoms with E-state index in [-0.39, 0.29) is 0 Å². The van der Waals surface area contributed by atoms with Crippen LogP contribution in [0.2, 0.25) is 0 Å². The molecule has 4 heteroatoms. The van der Waals surface area contributed by atoms with Crippen LogP contribution < -0.4 is 10.1 Å². The van der Waals surface area contributed by atoms with Crippen molar-refractivity contribution in [2.75, 3.05) is 5.32 Å². The Labute approximate surface area is 93.3 Å². The number of hydrogen-bond donors (Lipinski definition) is 1. The summed E-state index contributed by atoms with van der Waals surface area (Å²) in [4.78, 5) is 0. The molecule has 0 aliphatic carbocycles. The van der Waals surface area contributed by atoms with Crippen molar-refractivity contribution in [3.8, 4) is 11.5 Å². The molecule has 0 atom stereocenters. The van der Waals surface area contributed by atoms with Gasteiger partial charge in [-0.1, -0.05) is 12.1 Å². The molecule has 0 saturated carbocycles. The zero-order valence-corrected chi connectivity index (χ0v) is 9.11. The van der Waals surface area contributed by atoms with Crippen LogP contribution in [0.15, 0.2) is 24.3 Å². The Kier molecular flexibility index (Phi) is 1.83. The van der Waals surface area contributed by atoms with Gasteiger partial charge in [-0.2, -0.15) is 10.2 Å². The second kappa shape index (κ2) is 3.20. The summed E-state index contributed by atoms with van der Waals surface area (Å²) in [6, 6.07) is 7.83. The molecule has 3 rings (SSSR count). The minimum atomic E-state index is 0.770. The van der Waals surface area contributed by atoms with Gasteiger partial charge in [0.15, 0.2) is 11.5 Å². The molecule has 0 fully saturated rings. The lowest BCUT2D eigenvalue weighted by Crippen LogP contribution is -2.08. The molecule has 2 aromatic rings. The van der Waals surface area contributed by atoms with Crippen molar-refractivity contribution in [1.29, 1.82) is 0 Å². The van der Waals surface area contributed by atoms with Gasteiger partial charge in [0.25, 0.3) is 0 Å². The monoisotopic (exact) mass is 213 g/mol. The lowest BCUT2D eigenvalue weighted by molar-refractivity contribution is 0.471. The van der Waals surface area contributed by atoms with E-state index in [2.05, 4.69) is 15.5 Å². The van der Waals surface area contributed by atoms with E-state index in [1.165, 1.54) is 0 Å². The molecule has 4 nitrogen and oxygen atoms in total. The molecule has 80 valence electrons. The quantitative estimate of drug-likeness (QED) is 0.623. The zero-order valence-electron chi connectivity index (χ0n) is 9.11. The van der Waals surface area contributed by atoms with Crippen molar-refractivity contribution >= 4 is 11.4 Å². The van der Waals surface area contributed by atoms with Crippen molar-refractivity contribution in [2.45, 2.75) is 13.8 Å². The molecular formula is C12H11N3O. The minimum Gasteiger partial charge on any atom is -0.451 e. The topological polar surface area (TPSA) is 47.0 Å². The van der Waals surface area contributed by atoms with E-state index in [9.17, 15) is 0 Å². The van der Waals surface area contributed by atoms with Gasteiger partial charge < -0.3 is 10.1 Å². The second-order valence-electron chi connectivity index (χ2n) is 3.80. The first-order chi connectivity index (χ1) is 7.75. The van der Waals surface area contributed by atoms with Gasteiger partial charge in [-0.05, 0) is 26.0 Å². The fourth-order valence-corrected chi connectivity index (χ4v) is 1.77. The average Bonchev–Trinajstić information content (AvgIpc) is 2.32. The molecule has 0 radical (unpaired) electrons. The molecule has 2 heterocycles. The van der Waals surface area contributed by atoms with E-state index in [4.69, 9.17) is 4.74 Å². The van der Waals surface area contributed by atoms with Crippen LogP contribution in [0.4, 0.5) is 11.4 Å². The van der Waals surface area contributed by atoms with Crippen LogP contribution in [0, 0.1) is 13.8 Å². The summed E-state index contributed by atoms with van der Waals surface area (Å²) in [6.45, 7) is 3.80. The second-order valence-corrected chi connectivity index (χ2v) is 3.80. The number of aromatic nitrogens is 2. The van der Waals surface area contributed by atoms with E-state index in [0.29, 0.717) is 0 Å². The Morgan fingerprint density at radius 3 is 2.69 bits per heavy atom. The predicted molar refractivity (Wildman–Crippen MR) is 61.3 cm³/mol. The van der Waals surface area contributed by atoms with Gasteiger partial charge >= 0.3 is 0 Å². The van der Waals surface area contributed by atoms with E-state index in [0.717, 1.165) is 34.3 Å². The van der Waals surface area contributed by atoms with Crippen LogP contribution in [-0.2, 0) is 0 Å². The summed E-state index contributed by atoms with van der Waals surface area (Å²) >= 11 is 0. The number of fused-ring (bicyclic) bond motifs is 2. The summed E-state index contributed by atoms with van der Waals surface area (Å²) in [7, 11) is 0. The standard InChI is InChI=1S/C12H11N3O/c1-7-11-12(8(2)15-14-7)16-10-6-4-3-5-9(10)13-11/h3-6,13H,1-2H3. The molecule has 1 aromatic heterocycles. The zero-order chi connectivity index (χ0) is 11.1. The summed E-state index contributed by atoms with van der Waals surface area (Å²) in [5, 5.41) is 11.4. The molecule has 0 bridgehead atoms. The van der Waals surface area contributed by atoms with Crippen molar-refractivity contribution in [3.63, 3.8) is 0 Å². The SMILES string of the molecule is Cc1nnc(C)c2c1Nc1ccccc1O2. The normalized spacial score (nSPS) is 12.1. The fraction of sp³-hybridized carbons (Fsp3) is 0.167. The summed E-state index contributed by atoms with van der Waals surface area (Å²) in [6.07, 6.45) is 0. The Bertz CT molecular complexity index is 516. The third-order valence-electron chi connectivity index (χ3n) is 2.63. The minimum absolute atomic E-state index is 0.770. The number of benzene rings is 1. The largest absolute Gasteiger partial charge is 0.451 e. The fourth-order valence-electron chi connectivity index (χ4n) is 1.77. The molecule has 0 saturated heterocycles. The number of nitrogens with zero attached hydrogens (tertiary/aromatic N) is 2. The Balaban J connectivity index is 2.19. The lowest BCUT2D eigenvalue weighted by atomic mass is 10.2. The van der Waals surface area contributed by atoms with Gasteiger partial charge in [-0.25, -0.2) is 0 Å². The molecular weight excluding hydrogens is 202 g/mol. The Hall–Kier alpha value is -2.10. The maximum Gasteiger partial charge on any atom is 0.175 e. The average molecular weight is 213 g/mol. The van der Waals surface area contributed by atoms with Crippen LogP contribution >= 0.6 is 0 Å². The highest BCUT2D eigenvalue weighted by atomic mass is 16.5. The molecule has 1 aromatic carbocycles. The van der Waals surface area contributed by atoms with E-state index in [1.807, 2.05) is 38.1 Å². The highest BCUT2D eigenvalue weighted by molar-refractivity contribution is 5.77. The van der Waals surface area contributed by atoms with Gasteiger partial charge in [0, 0.05) is 0 Å². The summed E-state index contributed by atoms with van der Waals surface area (Å²) in [5.41, 5.74) is 3.51. The summed E-state index contributed by atoms with van der Waals surface area (Å²) < 4.78 is 5.82. The van der Waals surface area contributed by atoms with Crippen LogP contribution in [0.5, 0.6) is 11.5 Å². The molecule has 0 amide bonds. The number of nitrogens with one attached hydrogen (secondary N) is 1. The number of para-hydroxylation sites is 2. The number of hydrogen-bond acceptors (Lipinski definition) is 4. The molecule has 1 aliphatic heterocycles. The van der Waals surface area contributed by atoms with Crippen molar-refractivity contribution in [2.24, 2.45) is 0 Å². The van der Waals surface area contributed by atoms with Crippen LogP contribution in [0.25, 0.3) is 0 Å². The van der Waals surface area contributed by atoms with Crippen LogP contribution in [0.1, 0.15) is 11.4 Å². The molecule has 0 spiro atoms. The first-order valence-corrected chi connectivity index (χ1v) is 5.13. The number of anilines is 2. The van der Waals surface area contributed by atoms with Gasteiger partial charge in [-0.3, -0.25) is 0 Å². The maximum atomic E-state index is 5.82. The first kappa shape index (κ1) is 9.15. The Morgan fingerprint density at radius 2 is 1.81 bits per heavy atom. The third kappa shape index (κ3) is 1.23. The summed E-state index contributed by atoms with van der Waals surface area (Å²) in [5.74, 6) is 1.59. The maximum absolute atomic E-state index is 5.82. The van der Waals surface area contributed by atoms with E-state index >= 15 is 0 Å². The highest BCUT2D eigenvalue weighted by Crippen LogP contribution is 2.43. The van der Waals surface area contributed by atoms with Crippen LogP contribution in [0.3, 0.4) is 0 Å². The molecule has 1 aliphatic rings. The predicted octanol–water partition coefficient (Wildman–Crippen LogP) is 2.94. The van der Waals surface area contributed by atoms with Crippen molar-refractivity contribution in [1.82, 2.24) is 10.2 Å². The van der Waals surface area contributed by atoms with Gasteiger partial charge in [0.05, 0.1) is 11.4 Å². The molecule has 16 heavy (non-hydrogen) atoms. The highest BCUT2D eigenvalue weighted by Gasteiger charge is 2.20. The first-order valence-electron chi connectivity index (χ1n) is 5.13. The number of ether oxygens (including phenoxy) is 1. The van der Waals surface area contributed by atoms with Gasteiger partial charge in [0.2, 0.25) is 0 Å². The molecule has 1 N–H and O–H groups in total. The van der Waals surface area contributed by atoms with E-state index < -0.39 is 0 Å². The van der Waals surface area contributed by atoms with Gasteiger partial charge in [0.1, 0.15) is 11.4 Å². The number of aryl methyl sites for hydroxylation is 2. The van der Waals surface area contributed by atoms with Crippen molar-refractivity contribution < 1.29 is 4.74 Å².